The van der Waals surface area contributed by atoms with Crippen molar-refractivity contribution >= 4 is 22.5 Å². The average Bonchev–Trinajstić information content (AvgIpc) is 2.64. The van der Waals surface area contributed by atoms with Crippen LogP contribution in [0.15, 0.2) is 48.5 Å². The van der Waals surface area contributed by atoms with E-state index in [0.29, 0.717) is 5.39 Å². The van der Waals surface area contributed by atoms with Gasteiger partial charge in [-0.25, -0.2) is 9.37 Å². The molecule has 0 aliphatic rings. The first-order chi connectivity index (χ1) is 12.4. The Bertz CT molecular complexity index is 1000. The number of fused-ring (bicyclic) bond motifs is 1. The van der Waals surface area contributed by atoms with Crippen LogP contribution in [0.3, 0.4) is 0 Å². The number of benzene rings is 2. The first kappa shape index (κ1) is 17.3. The van der Waals surface area contributed by atoms with Gasteiger partial charge in [0.15, 0.2) is 17.5 Å². The van der Waals surface area contributed by atoms with Gasteiger partial charge in [0.25, 0.3) is 0 Å². The lowest BCUT2D eigenvalue weighted by Gasteiger charge is -2.13. The molecule has 4 N–H and O–H groups in total. The lowest BCUT2D eigenvalue weighted by molar-refractivity contribution is -0.137. The number of aromatic hydroxyl groups is 1. The van der Waals surface area contributed by atoms with Crippen LogP contribution in [-0.4, -0.2) is 33.0 Å². The van der Waals surface area contributed by atoms with E-state index in [0.717, 1.165) is 0 Å². The second-order valence-electron chi connectivity index (χ2n) is 5.40. The molecule has 0 radical (unpaired) electrons. The molecule has 7 nitrogen and oxygen atoms in total. The Morgan fingerprint density at radius 2 is 1.69 bits per heavy atom. The maximum absolute atomic E-state index is 13.0. The number of halogens is 1. The Balaban J connectivity index is 2.15. The van der Waals surface area contributed by atoms with Gasteiger partial charge < -0.3 is 20.7 Å². The molecule has 0 saturated heterocycles. The molecule has 0 bridgehead atoms. The quantitative estimate of drug-likeness (QED) is 0.474. The summed E-state index contributed by atoms with van der Waals surface area (Å²) in [5.74, 6) is -3.37. The van der Waals surface area contributed by atoms with Crippen molar-refractivity contribution in [1.29, 1.82) is 0 Å². The van der Waals surface area contributed by atoms with E-state index in [-0.39, 0.29) is 17.0 Å². The van der Waals surface area contributed by atoms with Crippen LogP contribution < -0.4 is 10.5 Å². The molecular formula is C18H13FN2O5. The number of carboxylic acids is 1. The number of ether oxygens (including phenoxy) is 1. The van der Waals surface area contributed by atoms with Crippen LogP contribution in [0.25, 0.3) is 10.8 Å². The smallest absolute Gasteiger partial charge is 0.328 e. The van der Waals surface area contributed by atoms with E-state index < -0.39 is 35.1 Å². The minimum absolute atomic E-state index is 0.0500. The highest BCUT2D eigenvalue weighted by Gasteiger charge is 2.28. The zero-order valence-corrected chi connectivity index (χ0v) is 13.2. The summed E-state index contributed by atoms with van der Waals surface area (Å²) in [5, 5.41) is 19.9. The lowest BCUT2D eigenvalue weighted by Crippen LogP contribution is -2.38. The molecule has 3 aromatic rings. The van der Waals surface area contributed by atoms with Crippen molar-refractivity contribution in [3.05, 3.63) is 60.0 Å². The second kappa shape index (κ2) is 6.77. The summed E-state index contributed by atoms with van der Waals surface area (Å²) < 4.78 is 18.7. The SMILES string of the molecule is NC(C(=O)O)C(=O)c1nc(Oc2ccc(F)cc2)c2ccccc2c1O. The Morgan fingerprint density at radius 3 is 2.31 bits per heavy atom. The zero-order chi connectivity index (χ0) is 18.8. The first-order valence-corrected chi connectivity index (χ1v) is 7.46. The second-order valence-corrected chi connectivity index (χ2v) is 5.40. The Kier molecular flexibility index (Phi) is 4.51. The highest BCUT2D eigenvalue weighted by molar-refractivity contribution is 6.14. The van der Waals surface area contributed by atoms with Crippen LogP contribution in [0, 0.1) is 5.82 Å². The largest absolute Gasteiger partial charge is 0.505 e. The predicted octanol–water partition coefficient (Wildman–Crippen LogP) is 2.47. The van der Waals surface area contributed by atoms with Crippen LogP contribution in [0.1, 0.15) is 10.5 Å². The van der Waals surface area contributed by atoms with Crippen molar-refractivity contribution in [2.75, 3.05) is 0 Å². The van der Waals surface area contributed by atoms with Crippen molar-refractivity contribution < 1.29 is 28.9 Å². The van der Waals surface area contributed by atoms with E-state index in [2.05, 4.69) is 4.98 Å². The molecule has 0 fully saturated rings. The zero-order valence-electron chi connectivity index (χ0n) is 13.2. The van der Waals surface area contributed by atoms with Gasteiger partial charge in [0.1, 0.15) is 11.6 Å². The van der Waals surface area contributed by atoms with Gasteiger partial charge in [-0.1, -0.05) is 18.2 Å². The summed E-state index contributed by atoms with van der Waals surface area (Å²) in [7, 11) is 0. The van der Waals surface area contributed by atoms with E-state index in [9.17, 15) is 19.1 Å². The van der Waals surface area contributed by atoms with Gasteiger partial charge in [-0.3, -0.25) is 9.59 Å². The van der Waals surface area contributed by atoms with E-state index in [4.69, 9.17) is 15.6 Å². The molecule has 1 atom stereocenters. The molecule has 0 amide bonds. The van der Waals surface area contributed by atoms with Crippen LogP contribution in [-0.2, 0) is 4.79 Å². The fourth-order valence-corrected chi connectivity index (χ4v) is 2.34. The number of carbonyl (C=O) groups excluding carboxylic acids is 1. The van der Waals surface area contributed by atoms with Crippen molar-refractivity contribution in [3.63, 3.8) is 0 Å². The number of pyridine rings is 1. The van der Waals surface area contributed by atoms with Crippen LogP contribution in [0.4, 0.5) is 4.39 Å². The topological polar surface area (TPSA) is 123 Å². The maximum Gasteiger partial charge on any atom is 0.328 e. The normalized spacial score (nSPS) is 11.9. The van der Waals surface area contributed by atoms with Gasteiger partial charge in [-0.05, 0) is 30.3 Å². The number of rotatable bonds is 5. The molecule has 8 heteroatoms. The molecule has 132 valence electrons. The molecule has 2 aromatic carbocycles. The molecule has 0 aliphatic carbocycles. The van der Waals surface area contributed by atoms with Crippen LogP contribution in [0.2, 0.25) is 0 Å². The van der Waals surface area contributed by atoms with E-state index in [1.54, 1.807) is 18.2 Å². The summed E-state index contributed by atoms with van der Waals surface area (Å²) in [6.07, 6.45) is 0. The molecule has 1 unspecified atom stereocenters. The minimum Gasteiger partial charge on any atom is -0.505 e. The monoisotopic (exact) mass is 356 g/mol. The summed E-state index contributed by atoms with van der Waals surface area (Å²) in [6.45, 7) is 0. The molecular weight excluding hydrogens is 343 g/mol. The third-order valence-corrected chi connectivity index (χ3v) is 3.66. The van der Waals surface area contributed by atoms with Gasteiger partial charge >= 0.3 is 5.97 Å². The Labute approximate surface area is 146 Å². The first-order valence-electron chi connectivity index (χ1n) is 7.46. The van der Waals surface area contributed by atoms with Gasteiger partial charge in [0.2, 0.25) is 11.7 Å². The number of nitrogens with two attached hydrogens (primary N) is 1. The molecule has 1 heterocycles. The molecule has 26 heavy (non-hydrogen) atoms. The number of aliphatic carboxylic acids is 1. The molecule has 0 saturated carbocycles. The van der Waals surface area contributed by atoms with Crippen molar-refractivity contribution in [1.82, 2.24) is 4.98 Å². The number of hydrogen-bond acceptors (Lipinski definition) is 6. The third-order valence-electron chi connectivity index (χ3n) is 3.66. The van der Waals surface area contributed by atoms with Crippen molar-refractivity contribution in [3.8, 4) is 17.4 Å². The lowest BCUT2D eigenvalue weighted by atomic mass is 10.0. The standard InChI is InChI=1S/C18H13FN2O5/c19-9-5-7-10(8-6-9)26-17-12-4-2-1-3-11(12)15(22)14(21-17)16(23)13(20)18(24)25/h1-8,13,22H,20H2,(H,24,25). The van der Waals surface area contributed by atoms with E-state index >= 15 is 0 Å². The van der Waals surface area contributed by atoms with E-state index in [1.807, 2.05) is 0 Å². The average molecular weight is 356 g/mol. The van der Waals surface area contributed by atoms with E-state index in [1.165, 1.54) is 30.3 Å². The van der Waals surface area contributed by atoms with Gasteiger partial charge in [0, 0.05) is 10.8 Å². The number of carbonyl (C=O) groups is 2. The summed E-state index contributed by atoms with van der Waals surface area (Å²) >= 11 is 0. The van der Waals surface area contributed by atoms with Crippen molar-refractivity contribution in [2.45, 2.75) is 6.04 Å². The van der Waals surface area contributed by atoms with Gasteiger partial charge in [0.05, 0.1) is 0 Å². The summed E-state index contributed by atoms with van der Waals surface area (Å²) in [5.41, 5.74) is 4.82. The number of Topliss-reactive ketones (excluding diaryl/α,β-unsaturated/α-hetero) is 1. The highest BCUT2D eigenvalue weighted by atomic mass is 19.1. The molecule has 1 aromatic heterocycles. The Hall–Kier alpha value is -3.52. The summed E-state index contributed by atoms with van der Waals surface area (Å²) in [4.78, 5) is 27.2. The number of nitrogens with zero attached hydrogens (tertiary/aromatic N) is 1. The molecule has 0 aliphatic heterocycles. The van der Waals surface area contributed by atoms with Crippen LogP contribution in [0.5, 0.6) is 17.4 Å². The number of carboxylic acid groups (broad SMARTS) is 1. The number of aromatic nitrogens is 1. The molecule has 3 rings (SSSR count). The fourth-order valence-electron chi connectivity index (χ4n) is 2.34. The predicted molar refractivity (Wildman–Crippen MR) is 89.8 cm³/mol. The molecule has 0 spiro atoms. The number of hydrogen-bond donors (Lipinski definition) is 3. The van der Waals surface area contributed by atoms with Crippen LogP contribution >= 0.6 is 0 Å². The highest BCUT2D eigenvalue weighted by Crippen LogP contribution is 2.35. The third kappa shape index (κ3) is 3.17. The van der Waals surface area contributed by atoms with Crippen molar-refractivity contribution in [2.24, 2.45) is 5.73 Å². The van der Waals surface area contributed by atoms with Gasteiger partial charge in [-0.2, -0.15) is 0 Å². The summed E-state index contributed by atoms with van der Waals surface area (Å²) in [6, 6.07) is 9.63. The van der Waals surface area contributed by atoms with Gasteiger partial charge in [-0.15, -0.1) is 0 Å². The maximum atomic E-state index is 13.0. The Morgan fingerprint density at radius 1 is 1.08 bits per heavy atom. The fraction of sp³-hybridized carbons (Fsp3) is 0.0556. The number of ketones is 1. The minimum atomic E-state index is -1.88.